The van der Waals surface area contributed by atoms with Gasteiger partial charge in [-0.1, -0.05) is 30.3 Å². The Labute approximate surface area is 130 Å². The SMILES string of the molecule is COc1cc(OC)c2ccc(OCc3ccccc3)cc2c1. The lowest BCUT2D eigenvalue weighted by molar-refractivity contribution is 0.306. The second-order valence-corrected chi connectivity index (χ2v) is 4.99. The van der Waals surface area contributed by atoms with E-state index in [1.165, 1.54) is 0 Å². The quantitative estimate of drug-likeness (QED) is 0.696. The van der Waals surface area contributed by atoms with E-state index in [-0.39, 0.29) is 0 Å². The van der Waals surface area contributed by atoms with Gasteiger partial charge in [0.25, 0.3) is 0 Å². The van der Waals surface area contributed by atoms with Crippen molar-refractivity contribution in [3.05, 3.63) is 66.2 Å². The number of ether oxygens (including phenoxy) is 3. The molecule has 3 aromatic carbocycles. The molecule has 0 spiro atoms. The molecule has 0 heterocycles. The van der Waals surface area contributed by atoms with Crippen LogP contribution < -0.4 is 14.2 Å². The van der Waals surface area contributed by atoms with Crippen molar-refractivity contribution >= 4 is 10.8 Å². The molecule has 0 N–H and O–H groups in total. The topological polar surface area (TPSA) is 27.7 Å². The molecule has 3 aromatic rings. The molecular weight excluding hydrogens is 276 g/mol. The summed E-state index contributed by atoms with van der Waals surface area (Å²) < 4.78 is 16.6. The van der Waals surface area contributed by atoms with Crippen LogP contribution in [-0.4, -0.2) is 14.2 Å². The van der Waals surface area contributed by atoms with Crippen molar-refractivity contribution in [2.45, 2.75) is 6.61 Å². The van der Waals surface area contributed by atoms with Crippen LogP contribution in [0.25, 0.3) is 10.8 Å². The van der Waals surface area contributed by atoms with Crippen molar-refractivity contribution < 1.29 is 14.2 Å². The predicted octanol–water partition coefficient (Wildman–Crippen LogP) is 4.44. The van der Waals surface area contributed by atoms with Crippen LogP contribution in [0.4, 0.5) is 0 Å². The zero-order valence-corrected chi connectivity index (χ0v) is 12.7. The van der Waals surface area contributed by atoms with Gasteiger partial charge in [0.15, 0.2) is 0 Å². The van der Waals surface area contributed by atoms with E-state index >= 15 is 0 Å². The fraction of sp³-hybridized carbons (Fsp3) is 0.158. The maximum absolute atomic E-state index is 5.87. The highest BCUT2D eigenvalue weighted by Gasteiger charge is 2.06. The average Bonchev–Trinajstić information content (AvgIpc) is 2.59. The fourth-order valence-corrected chi connectivity index (χ4v) is 2.40. The Hall–Kier alpha value is -2.68. The van der Waals surface area contributed by atoms with Gasteiger partial charge in [-0.25, -0.2) is 0 Å². The van der Waals surface area contributed by atoms with Crippen molar-refractivity contribution in [2.24, 2.45) is 0 Å². The van der Waals surface area contributed by atoms with E-state index in [4.69, 9.17) is 14.2 Å². The molecule has 0 unspecified atom stereocenters. The van der Waals surface area contributed by atoms with E-state index in [0.717, 1.165) is 33.6 Å². The average molecular weight is 294 g/mol. The van der Waals surface area contributed by atoms with Crippen LogP contribution >= 0.6 is 0 Å². The van der Waals surface area contributed by atoms with Crippen LogP contribution in [-0.2, 0) is 6.61 Å². The molecule has 3 rings (SSSR count). The van der Waals surface area contributed by atoms with Crippen molar-refractivity contribution in [3.63, 3.8) is 0 Å². The first-order valence-corrected chi connectivity index (χ1v) is 7.12. The largest absolute Gasteiger partial charge is 0.497 e. The first-order valence-electron chi connectivity index (χ1n) is 7.12. The molecule has 0 aliphatic rings. The molecular formula is C19H18O3. The molecule has 0 aliphatic heterocycles. The Morgan fingerprint density at radius 3 is 2.27 bits per heavy atom. The standard InChI is InChI=1S/C19H18O3/c1-20-17-11-15-10-16(8-9-18(15)19(12-17)21-2)22-13-14-6-4-3-5-7-14/h3-12H,13H2,1-2H3. The maximum atomic E-state index is 5.87. The summed E-state index contributed by atoms with van der Waals surface area (Å²) in [6, 6.07) is 19.9. The van der Waals surface area contributed by atoms with Crippen molar-refractivity contribution in [1.82, 2.24) is 0 Å². The Morgan fingerprint density at radius 2 is 1.55 bits per heavy atom. The van der Waals surface area contributed by atoms with Crippen LogP contribution in [0.15, 0.2) is 60.7 Å². The second-order valence-electron chi connectivity index (χ2n) is 4.99. The molecule has 3 heteroatoms. The summed E-state index contributed by atoms with van der Waals surface area (Å²) in [6.07, 6.45) is 0. The van der Waals surface area contributed by atoms with Gasteiger partial charge in [-0.2, -0.15) is 0 Å². The highest BCUT2D eigenvalue weighted by Crippen LogP contribution is 2.33. The first-order chi connectivity index (χ1) is 10.8. The van der Waals surface area contributed by atoms with Crippen LogP contribution in [0.2, 0.25) is 0 Å². The van der Waals surface area contributed by atoms with Gasteiger partial charge in [-0.15, -0.1) is 0 Å². The van der Waals surface area contributed by atoms with Gasteiger partial charge >= 0.3 is 0 Å². The van der Waals surface area contributed by atoms with E-state index in [2.05, 4.69) is 0 Å². The lowest BCUT2D eigenvalue weighted by Crippen LogP contribution is -1.95. The number of fused-ring (bicyclic) bond motifs is 1. The molecule has 22 heavy (non-hydrogen) atoms. The van der Waals surface area contributed by atoms with Gasteiger partial charge in [0, 0.05) is 11.5 Å². The van der Waals surface area contributed by atoms with Gasteiger partial charge < -0.3 is 14.2 Å². The monoisotopic (exact) mass is 294 g/mol. The van der Waals surface area contributed by atoms with Crippen molar-refractivity contribution in [3.8, 4) is 17.2 Å². The van der Waals surface area contributed by atoms with Crippen molar-refractivity contribution in [1.29, 1.82) is 0 Å². The minimum atomic E-state index is 0.549. The second kappa shape index (κ2) is 6.39. The highest BCUT2D eigenvalue weighted by atomic mass is 16.5. The van der Waals surface area contributed by atoms with Crippen LogP contribution in [0, 0.1) is 0 Å². The first kappa shape index (κ1) is 14.3. The summed E-state index contributed by atoms with van der Waals surface area (Å²) in [5.74, 6) is 2.39. The van der Waals surface area contributed by atoms with Gasteiger partial charge in [0.05, 0.1) is 14.2 Å². The normalized spacial score (nSPS) is 10.5. The minimum Gasteiger partial charge on any atom is -0.497 e. The molecule has 0 amide bonds. The number of rotatable bonds is 5. The van der Waals surface area contributed by atoms with E-state index < -0.39 is 0 Å². The van der Waals surface area contributed by atoms with Crippen LogP contribution in [0.5, 0.6) is 17.2 Å². The van der Waals surface area contributed by atoms with Crippen molar-refractivity contribution in [2.75, 3.05) is 14.2 Å². The fourth-order valence-electron chi connectivity index (χ4n) is 2.40. The summed E-state index contributed by atoms with van der Waals surface area (Å²) in [4.78, 5) is 0. The smallest absolute Gasteiger partial charge is 0.130 e. The molecule has 0 radical (unpaired) electrons. The zero-order chi connectivity index (χ0) is 15.4. The highest BCUT2D eigenvalue weighted by molar-refractivity contribution is 5.90. The van der Waals surface area contributed by atoms with Gasteiger partial charge in [0.2, 0.25) is 0 Å². The number of hydrogen-bond acceptors (Lipinski definition) is 3. The third-order valence-electron chi connectivity index (χ3n) is 3.56. The zero-order valence-electron chi connectivity index (χ0n) is 12.7. The lowest BCUT2D eigenvalue weighted by Gasteiger charge is -2.11. The number of hydrogen-bond donors (Lipinski definition) is 0. The Kier molecular flexibility index (Phi) is 4.15. The molecule has 0 aromatic heterocycles. The lowest BCUT2D eigenvalue weighted by atomic mass is 10.1. The molecule has 0 fully saturated rings. The van der Waals surface area contributed by atoms with Gasteiger partial charge in [-0.05, 0) is 35.2 Å². The molecule has 0 saturated carbocycles. The molecule has 0 atom stereocenters. The Balaban J connectivity index is 1.88. The molecule has 0 bridgehead atoms. The molecule has 0 aliphatic carbocycles. The third kappa shape index (κ3) is 2.98. The molecule has 3 nitrogen and oxygen atoms in total. The third-order valence-corrected chi connectivity index (χ3v) is 3.56. The van der Waals surface area contributed by atoms with E-state index in [1.807, 2.05) is 60.7 Å². The van der Waals surface area contributed by atoms with E-state index in [0.29, 0.717) is 6.61 Å². The van der Waals surface area contributed by atoms with E-state index in [9.17, 15) is 0 Å². The Bertz CT molecular complexity index is 766. The van der Waals surface area contributed by atoms with Gasteiger partial charge in [-0.3, -0.25) is 0 Å². The molecule has 112 valence electrons. The number of methoxy groups -OCH3 is 2. The Morgan fingerprint density at radius 1 is 0.773 bits per heavy atom. The van der Waals surface area contributed by atoms with E-state index in [1.54, 1.807) is 14.2 Å². The summed E-state index contributed by atoms with van der Waals surface area (Å²) in [7, 11) is 3.31. The summed E-state index contributed by atoms with van der Waals surface area (Å²) in [5, 5.41) is 2.07. The van der Waals surface area contributed by atoms with Crippen LogP contribution in [0.3, 0.4) is 0 Å². The predicted molar refractivity (Wildman–Crippen MR) is 87.8 cm³/mol. The molecule has 0 saturated heterocycles. The summed E-state index contributed by atoms with van der Waals surface area (Å²) in [6.45, 7) is 0.549. The van der Waals surface area contributed by atoms with Gasteiger partial charge in [0.1, 0.15) is 23.9 Å². The number of benzene rings is 3. The maximum Gasteiger partial charge on any atom is 0.130 e. The minimum absolute atomic E-state index is 0.549. The summed E-state index contributed by atoms with van der Waals surface area (Å²) >= 11 is 0. The van der Waals surface area contributed by atoms with Crippen LogP contribution in [0.1, 0.15) is 5.56 Å². The summed E-state index contributed by atoms with van der Waals surface area (Å²) in [5.41, 5.74) is 1.14.